The van der Waals surface area contributed by atoms with E-state index < -0.39 is 11.9 Å². The number of carbonyl (C=O) groups is 1. The third-order valence-corrected chi connectivity index (χ3v) is 3.13. The van der Waals surface area contributed by atoms with E-state index in [2.05, 4.69) is 10.3 Å². The van der Waals surface area contributed by atoms with Crippen LogP contribution < -0.4 is 5.32 Å². The summed E-state index contributed by atoms with van der Waals surface area (Å²) in [6.07, 6.45) is -3.26. The van der Waals surface area contributed by atoms with E-state index in [1.807, 2.05) is 19.1 Å². The molecule has 0 aliphatic heterocycles. The fourth-order valence-electron chi connectivity index (χ4n) is 1.99. The predicted octanol–water partition coefficient (Wildman–Crippen LogP) is 3.75. The fraction of sp³-hybridized carbons (Fsp3) is 0.312. The zero-order valence-electron chi connectivity index (χ0n) is 12.5. The Morgan fingerprint density at radius 2 is 1.87 bits per heavy atom. The third-order valence-electron chi connectivity index (χ3n) is 3.13. The van der Waals surface area contributed by atoms with Crippen molar-refractivity contribution < 1.29 is 22.7 Å². The summed E-state index contributed by atoms with van der Waals surface area (Å²) in [7, 11) is 0. The number of hydrogen-bond donors (Lipinski definition) is 2. The maximum atomic E-state index is 12.5. The molecule has 0 aliphatic carbocycles. The Kier molecular flexibility index (Phi) is 5.44. The molecule has 1 heterocycles. The lowest BCUT2D eigenvalue weighted by atomic mass is 10.1. The zero-order valence-corrected chi connectivity index (χ0v) is 12.5. The van der Waals surface area contributed by atoms with Crippen LogP contribution in [0.15, 0.2) is 36.5 Å². The van der Waals surface area contributed by atoms with Gasteiger partial charge in [-0.1, -0.05) is 24.3 Å². The lowest BCUT2D eigenvalue weighted by molar-refractivity contribution is -0.140. The number of aromatic amines is 1. The Bertz CT molecular complexity index is 648. The highest BCUT2D eigenvalue weighted by atomic mass is 19.4. The molecular formula is C16H17F3N2O2. The van der Waals surface area contributed by atoms with Gasteiger partial charge in [0.2, 0.25) is 5.91 Å². The number of benzene rings is 1. The number of aromatic nitrogens is 1. The van der Waals surface area contributed by atoms with Crippen LogP contribution in [-0.4, -0.2) is 17.5 Å². The van der Waals surface area contributed by atoms with E-state index in [4.69, 9.17) is 4.74 Å². The lowest BCUT2D eigenvalue weighted by Crippen LogP contribution is -2.14. The van der Waals surface area contributed by atoms with Gasteiger partial charge in [0.25, 0.3) is 0 Å². The number of H-pyrrole nitrogens is 1. The number of anilines is 1. The van der Waals surface area contributed by atoms with Crippen LogP contribution in [0.3, 0.4) is 0 Å². The van der Waals surface area contributed by atoms with Crippen LogP contribution in [0.5, 0.6) is 0 Å². The van der Waals surface area contributed by atoms with Crippen molar-refractivity contribution in [3.63, 3.8) is 0 Å². The number of alkyl halides is 3. The first kappa shape index (κ1) is 17.1. The summed E-state index contributed by atoms with van der Waals surface area (Å²) in [5, 5.41) is 2.44. The number of ether oxygens (including phenoxy) is 1. The number of amides is 1. The molecule has 0 radical (unpaired) electrons. The normalized spacial score (nSPS) is 11.5. The van der Waals surface area contributed by atoms with Gasteiger partial charge in [-0.05, 0) is 24.1 Å². The average molecular weight is 326 g/mol. The largest absolute Gasteiger partial charge is 0.431 e. The highest BCUT2D eigenvalue weighted by Gasteiger charge is 2.32. The molecule has 0 fully saturated rings. The van der Waals surface area contributed by atoms with Gasteiger partial charge in [0.05, 0.1) is 18.7 Å². The topological polar surface area (TPSA) is 54.1 Å². The van der Waals surface area contributed by atoms with Gasteiger partial charge in [-0.25, -0.2) is 0 Å². The molecule has 0 aliphatic rings. The van der Waals surface area contributed by atoms with Crippen molar-refractivity contribution in [3.8, 4) is 0 Å². The minimum Gasteiger partial charge on any atom is -0.377 e. The highest BCUT2D eigenvalue weighted by molar-refractivity contribution is 5.92. The lowest BCUT2D eigenvalue weighted by Gasteiger charge is -2.05. The van der Waals surface area contributed by atoms with Crippen molar-refractivity contribution >= 4 is 11.6 Å². The molecule has 2 aromatic rings. The van der Waals surface area contributed by atoms with Crippen LogP contribution in [0.4, 0.5) is 18.9 Å². The van der Waals surface area contributed by atoms with Gasteiger partial charge < -0.3 is 15.0 Å². The summed E-state index contributed by atoms with van der Waals surface area (Å²) in [4.78, 5) is 14.0. The molecule has 1 aromatic carbocycles. The number of carbonyl (C=O) groups excluding carboxylic acids is 1. The summed E-state index contributed by atoms with van der Waals surface area (Å²) in [6.45, 7) is 3.04. The molecule has 124 valence electrons. The molecule has 0 saturated carbocycles. The van der Waals surface area contributed by atoms with Gasteiger partial charge >= 0.3 is 6.18 Å². The van der Waals surface area contributed by atoms with Crippen LogP contribution in [-0.2, 0) is 28.7 Å². The quantitative estimate of drug-likeness (QED) is 0.849. The summed E-state index contributed by atoms with van der Waals surface area (Å²) in [5.41, 5.74) is 0.967. The van der Waals surface area contributed by atoms with Crippen LogP contribution in [0, 0.1) is 0 Å². The SMILES string of the molecule is CCOCc1ccc(CC(=O)Nc2c[nH]c(C(F)(F)F)c2)cc1. The van der Waals surface area contributed by atoms with E-state index >= 15 is 0 Å². The molecule has 0 spiro atoms. The standard InChI is InChI=1S/C16H17F3N2O2/c1-2-23-10-12-5-3-11(4-6-12)7-15(22)21-13-8-14(20-9-13)16(17,18)19/h3-6,8-9,20H,2,7,10H2,1H3,(H,21,22). The van der Waals surface area contributed by atoms with Crippen molar-refractivity contribution in [1.29, 1.82) is 0 Å². The molecule has 0 bridgehead atoms. The Labute approximate surface area is 131 Å². The zero-order chi connectivity index (χ0) is 16.9. The second-order valence-corrected chi connectivity index (χ2v) is 4.98. The molecule has 23 heavy (non-hydrogen) atoms. The number of rotatable bonds is 6. The maximum absolute atomic E-state index is 12.5. The number of hydrogen-bond acceptors (Lipinski definition) is 2. The second kappa shape index (κ2) is 7.32. The molecule has 7 heteroatoms. The van der Waals surface area contributed by atoms with Crippen LogP contribution in [0.25, 0.3) is 0 Å². The molecule has 0 saturated heterocycles. The van der Waals surface area contributed by atoms with Crippen molar-refractivity contribution in [2.75, 3.05) is 11.9 Å². The Morgan fingerprint density at radius 1 is 1.22 bits per heavy atom. The van der Waals surface area contributed by atoms with Crippen molar-refractivity contribution in [1.82, 2.24) is 4.98 Å². The highest BCUT2D eigenvalue weighted by Crippen LogP contribution is 2.29. The first-order valence-electron chi connectivity index (χ1n) is 7.09. The minimum atomic E-state index is -4.46. The molecule has 0 unspecified atom stereocenters. The van der Waals surface area contributed by atoms with Gasteiger partial charge in [0, 0.05) is 12.8 Å². The van der Waals surface area contributed by atoms with Gasteiger partial charge in [-0.15, -0.1) is 0 Å². The Balaban J connectivity index is 1.90. The molecule has 4 nitrogen and oxygen atoms in total. The van der Waals surface area contributed by atoms with Gasteiger partial charge in [-0.3, -0.25) is 4.79 Å². The van der Waals surface area contributed by atoms with Gasteiger partial charge in [-0.2, -0.15) is 13.2 Å². The summed E-state index contributed by atoms with van der Waals surface area (Å²) in [5.74, 6) is -0.379. The number of nitrogens with one attached hydrogen (secondary N) is 2. The van der Waals surface area contributed by atoms with E-state index in [0.717, 1.165) is 23.4 Å². The van der Waals surface area contributed by atoms with E-state index in [-0.39, 0.29) is 18.0 Å². The fourth-order valence-corrected chi connectivity index (χ4v) is 1.99. The van der Waals surface area contributed by atoms with Gasteiger partial charge in [0.1, 0.15) is 5.69 Å². The van der Waals surface area contributed by atoms with E-state index in [1.165, 1.54) is 0 Å². The molecular weight excluding hydrogens is 309 g/mol. The second-order valence-electron chi connectivity index (χ2n) is 4.98. The van der Waals surface area contributed by atoms with E-state index in [9.17, 15) is 18.0 Å². The van der Waals surface area contributed by atoms with Crippen molar-refractivity contribution in [2.45, 2.75) is 26.1 Å². The number of halogens is 3. The smallest absolute Gasteiger partial charge is 0.377 e. The molecule has 1 amide bonds. The third kappa shape index (κ3) is 5.14. The van der Waals surface area contributed by atoms with E-state index in [1.54, 1.807) is 12.1 Å². The van der Waals surface area contributed by atoms with E-state index in [0.29, 0.717) is 13.2 Å². The summed E-state index contributed by atoms with van der Waals surface area (Å²) in [6, 6.07) is 8.17. The maximum Gasteiger partial charge on any atom is 0.431 e. The Hall–Kier alpha value is -2.28. The summed E-state index contributed by atoms with van der Waals surface area (Å²) >= 11 is 0. The monoisotopic (exact) mass is 326 g/mol. The van der Waals surface area contributed by atoms with Crippen LogP contribution >= 0.6 is 0 Å². The first-order valence-corrected chi connectivity index (χ1v) is 7.09. The predicted molar refractivity (Wildman–Crippen MR) is 79.9 cm³/mol. The van der Waals surface area contributed by atoms with Gasteiger partial charge in [0.15, 0.2) is 0 Å². The molecule has 2 rings (SSSR count). The average Bonchev–Trinajstić information content (AvgIpc) is 2.95. The molecule has 2 N–H and O–H groups in total. The molecule has 0 atom stereocenters. The first-order chi connectivity index (χ1) is 10.9. The minimum absolute atomic E-state index is 0.0848. The van der Waals surface area contributed by atoms with Crippen LogP contribution in [0.1, 0.15) is 23.7 Å². The summed E-state index contributed by atoms with van der Waals surface area (Å²) < 4.78 is 42.6. The van der Waals surface area contributed by atoms with Crippen LogP contribution in [0.2, 0.25) is 0 Å². The Morgan fingerprint density at radius 3 is 2.43 bits per heavy atom. The molecule has 1 aromatic heterocycles. The van der Waals surface area contributed by atoms with Crippen molar-refractivity contribution in [2.24, 2.45) is 0 Å². The van der Waals surface area contributed by atoms with Crippen molar-refractivity contribution in [3.05, 3.63) is 53.3 Å².